The molecule has 0 aliphatic carbocycles. The van der Waals surface area contributed by atoms with E-state index in [0.29, 0.717) is 25.1 Å². The van der Waals surface area contributed by atoms with Crippen LogP contribution in [-0.4, -0.2) is 35.6 Å². The van der Waals surface area contributed by atoms with Gasteiger partial charge in [0.2, 0.25) is 5.91 Å². The second-order valence-electron chi connectivity index (χ2n) is 4.52. The summed E-state index contributed by atoms with van der Waals surface area (Å²) in [4.78, 5) is 33.3. The summed E-state index contributed by atoms with van der Waals surface area (Å²) >= 11 is 0. The standard InChI is InChI=1S/C13H15N3O4/c17-11-6-5-10(15-11)7-14-13(20)16-9-3-1-8(2-4-9)12(18)19/h1-4,10H,5-7H2,(H,15,17)(H,18,19)(H2,14,16,20). The van der Waals surface area contributed by atoms with Crippen molar-refractivity contribution < 1.29 is 19.5 Å². The van der Waals surface area contributed by atoms with Gasteiger partial charge in [-0.3, -0.25) is 4.79 Å². The minimum absolute atomic E-state index is 0.00136. The molecule has 3 amide bonds. The number of benzene rings is 1. The van der Waals surface area contributed by atoms with Crippen molar-refractivity contribution in [2.24, 2.45) is 0 Å². The minimum atomic E-state index is -1.02. The zero-order valence-electron chi connectivity index (χ0n) is 10.7. The first-order chi connectivity index (χ1) is 9.54. The number of carboxylic acid groups (broad SMARTS) is 1. The fraction of sp³-hybridized carbons (Fsp3) is 0.308. The van der Waals surface area contributed by atoms with Crippen molar-refractivity contribution in [1.29, 1.82) is 0 Å². The monoisotopic (exact) mass is 277 g/mol. The van der Waals surface area contributed by atoms with Crippen LogP contribution in [0, 0.1) is 0 Å². The lowest BCUT2D eigenvalue weighted by molar-refractivity contribution is -0.119. The molecule has 106 valence electrons. The van der Waals surface area contributed by atoms with Gasteiger partial charge in [-0.1, -0.05) is 0 Å². The molecule has 7 heteroatoms. The highest BCUT2D eigenvalue weighted by Gasteiger charge is 2.20. The molecule has 1 aliphatic heterocycles. The van der Waals surface area contributed by atoms with Gasteiger partial charge in [0, 0.05) is 24.7 Å². The number of urea groups is 1. The number of nitrogens with one attached hydrogen (secondary N) is 3. The predicted octanol–water partition coefficient (Wildman–Crippen LogP) is 0.785. The Bertz CT molecular complexity index is 527. The van der Waals surface area contributed by atoms with E-state index in [-0.39, 0.29) is 17.5 Å². The molecule has 2 rings (SSSR count). The van der Waals surface area contributed by atoms with Crippen molar-refractivity contribution in [3.8, 4) is 0 Å². The molecule has 1 aliphatic rings. The summed E-state index contributed by atoms with van der Waals surface area (Å²) in [6.45, 7) is 0.366. The van der Waals surface area contributed by atoms with E-state index in [1.807, 2.05) is 0 Å². The molecular formula is C13H15N3O4. The molecule has 1 saturated heterocycles. The van der Waals surface area contributed by atoms with E-state index >= 15 is 0 Å². The molecule has 1 aromatic rings. The zero-order chi connectivity index (χ0) is 14.5. The minimum Gasteiger partial charge on any atom is -0.478 e. The third-order valence-electron chi connectivity index (χ3n) is 2.98. The number of anilines is 1. The van der Waals surface area contributed by atoms with Gasteiger partial charge in [0.25, 0.3) is 0 Å². The molecule has 7 nitrogen and oxygen atoms in total. The average molecular weight is 277 g/mol. The average Bonchev–Trinajstić information content (AvgIpc) is 2.83. The SMILES string of the molecule is O=C1CCC(CNC(=O)Nc2ccc(C(=O)O)cc2)N1. The van der Waals surface area contributed by atoms with Crippen molar-refractivity contribution in [3.63, 3.8) is 0 Å². The van der Waals surface area contributed by atoms with Gasteiger partial charge < -0.3 is 21.1 Å². The summed E-state index contributed by atoms with van der Waals surface area (Å²) in [5, 5.41) is 16.7. The van der Waals surface area contributed by atoms with Crippen LogP contribution in [0.3, 0.4) is 0 Å². The van der Waals surface area contributed by atoms with Gasteiger partial charge in [-0.25, -0.2) is 9.59 Å². The predicted molar refractivity (Wildman–Crippen MR) is 71.6 cm³/mol. The highest BCUT2D eigenvalue weighted by Crippen LogP contribution is 2.09. The van der Waals surface area contributed by atoms with Gasteiger partial charge in [-0.15, -0.1) is 0 Å². The first kappa shape index (κ1) is 13.9. The quantitative estimate of drug-likeness (QED) is 0.652. The Morgan fingerprint density at radius 3 is 2.55 bits per heavy atom. The first-order valence-corrected chi connectivity index (χ1v) is 6.22. The van der Waals surface area contributed by atoms with Crippen LogP contribution in [0.2, 0.25) is 0 Å². The maximum atomic E-state index is 11.6. The fourth-order valence-corrected chi connectivity index (χ4v) is 1.92. The topological polar surface area (TPSA) is 108 Å². The van der Waals surface area contributed by atoms with Crippen LogP contribution < -0.4 is 16.0 Å². The summed E-state index contributed by atoms with van der Waals surface area (Å²) in [7, 11) is 0. The molecule has 0 bridgehead atoms. The van der Waals surface area contributed by atoms with Gasteiger partial charge in [0.15, 0.2) is 0 Å². The molecule has 20 heavy (non-hydrogen) atoms. The number of carbonyl (C=O) groups excluding carboxylic acids is 2. The molecule has 1 heterocycles. The van der Waals surface area contributed by atoms with Crippen LogP contribution >= 0.6 is 0 Å². The van der Waals surface area contributed by atoms with E-state index in [9.17, 15) is 14.4 Å². The Morgan fingerprint density at radius 1 is 1.30 bits per heavy atom. The number of rotatable bonds is 4. The molecule has 0 radical (unpaired) electrons. The molecular weight excluding hydrogens is 262 g/mol. The van der Waals surface area contributed by atoms with Crippen LogP contribution in [0.15, 0.2) is 24.3 Å². The molecule has 0 spiro atoms. The molecule has 1 fully saturated rings. The number of amides is 3. The summed E-state index contributed by atoms with van der Waals surface area (Å²) in [6.07, 6.45) is 1.21. The van der Waals surface area contributed by atoms with E-state index in [0.717, 1.165) is 0 Å². The number of aromatic carboxylic acids is 1. The molecule has 1 atom stereocenters. The molecule has 0 saturated carbocycles. The Kier molecular flexibility index (Phi) is 4.19. The van der Waals surface area contributed by atoms with E-state index in [4.69, 9.17) is 5.11 Å². The van der Waals surface area contributed by atoms with Crippen LogP contribution in [-0.2, 0) is 4.79 Å². The zero-order valence-corrected chi connectivity index (χ0v) is 10.7. The van der Waals surface area contributed by atoms with Gasteiger partial charge >= 0.3 is 12.0 Å². The molecule has 1 aromatic carbocycles. The van der Waals surface area contributed by atoms with Gasteiger partial charge in [0.1, 0.15) is 0 Å². The van der Waals surface area contributed by atoms with Crippen LogP contribution in [0.25, 0.3) is 0 Å². The maximum Gasteiger partial charge on any atom is 0.335 e. The smallest absolute Gasteiger partial charge is 0.335 e. The lowest BCUT2D eigenvalue weighted by atomic mass is 10.2. The summed E-state index contributed by atoms with van der Waals surface area (Å²) < 4.78 is 0. The Labute approximate surface area is 115 Å². The maximum absolute atomic E-state index is 11.6. The van der Waals surface area contributed by atoms with Gasteiger partial charge in [0.05, 0.1) is 5.56 Å². The van der Waals surface area contributed by atoms with E-state index in [1.165, 1.54) is 24.3 Å². The van der Waals surface area contributed by atoms with Crippen LogP contribution in [0.4, 0.5) is 10.5 Å². The second kappa shape index (κ2) is 6.05. The van der Waals surface area contributed by atoms with Crippen LogP contribution in [0.1, 0.15) is 23.2 Å². The highest BCUT2D eigenvalue weighted by atomic mass is 16.4. The van der Waals surface area contributed by atoms with Gasteiger partial charge in [-0.05, 0) is 30.7 Å². The van der Waals surface area contributed by atoms with Crippen molar-refractivity contribution in [2.45, 2.75) is 18.9 Å². The number of carbonyl (C=O) groups is 3. The fourth-order valence-electron chi connectivity index (χ4n) is 1.92. The van der Waals surface area contributed by atoms with E-state index < -0.39 is 12.0 Å². The summed E-state index contributed by atoms with van der Waals surface area (Å²) in [5.74, 6) is -1.01. The largest absolute Gasteiger partial charge is 0.478 e. The molecule has 0 aromatic heterocycles. The van der Waals surface area contributed by atoms with E-state index in [2.05, 4.69) is 16.0 Å². The molecule has 4 N–H and O–H groups in total. The van der Waals surface area contributed by atoms with Crippen molar-refractivity contribution in [3.05, 3.63) is 29.8 Å². The third kappa shape index (κ3) is 3.71. The van der Waals surface area contributed by atoms with Crippen molar-refractivity contribution in [1.82, 2.24) is 10.6 Å². The van der Waals surface area contributed by atoms with Crippen LogP contribution in [0.5, 0.6) is 0 Å². The van der Waals surface area contributed by atoms with Gasteiger partial charge in [-0.2, -0.15) is 0 Å². The number of carboxylic acids is 1. The lowest BCUT2D eigenvalue weighted by Gasteiger charge is -2.12. The number of hydrogen-bond acceptors (Lipinski definition) is 3. The summed E-state index contributed by atoms with van der Waals surface area (Å²) in [5.41, 5.74) is 0.660. The van der Waals surface area contributed by atoms with Crippen molar-refractivity contribution >= 4 is 23.6 Å². The number of hydrogen-bond donors (Lipinski definition) is 4. The molecule has 1 unspecified atom stereocenters. The van der Waals surface area contributed by atoms with E-state index in [1.54, 1.807) is 0 Å². The second-order valence-corrected chi connectivity index (χ2v) is 4.52. The Morgan fingerprint density at radius 2 is 2.00 bits per heavy atom. The first-order valence-electron chi connectivity index (χ1n) is 6.22. The Hall–Kier alpha value is -2.57. The third-order valence-corrected chi connectivity index (χ3v) is 2.98. The highest BCUT2D eigenvalue weighted by molar-refractivity contribution is 5.91. The summed E-state index contributed by atoms with van der Waals surface area (Å²) in [6, 6.07) is 5.43. The van der Waals surface area contributed by atoms with Crippen molar-refractivity contribution in [2.75, 3.05) is 11.9 Å². The Balaban J connectivity index is 1.79. The normalized spacial score (nSPS) is 17.4. The lowest BCUT2D eigenvalue weighted by Crippen LogP contribution is -2.40.